The van der Waals surface area contributed by atoms with Crippen molar-refractivity contribution in [2.24, 2.45) is 0 Å². The molecule has 1 saturated heterocycles. The molecule has 16 heavy (non-hydrogen) atoms. The zero-order valence-electron chi connectivity index (χ0n) is 8.86. The molecule has 88 valence electrons. The van der Waals surface area contributed by atoms with Gasteiger partial charge in [-0.15, -0.1) is 5.10 Å². The molecule has 0 radical (unpaired) electrons. The summed E-state index contributed by atoms with van der Waals surface area (Å²) in [5.74, 6) is 0.226. The van der Waals surface area contributed by atoms with Crippen LogP contribution in [-0.2, 0) is 4.79 Å². The van der Waals surface area contributed by atoms with Crippen LogP contribution in [0.5, 0.6) is 0 Å². The van der Waals surface area contributed by atoms with E-state index in [2.05, 4.69) is 15.5 Å². The Balaban J connectivity index is 1.71. The Morgan fingerprint density at radius 3 is 2.94 bits per heavy atom. The average molecular weight is 258 g/mol. The van der Waals surface area contributed by atoms with Crippen LogP contribution in [0.1, 0.15) is 19.3 Å². The van der Waals surface area contributed by atoms with E-state index in [1.54, 1.807) is 0 Å². The molecule has 0 bridgehead atoms. The first-order valence-corrected chi connectivity index (χ1v) is 6.55. The summed E-state index contributed by atoms with van der Waals surface area (Å²) in [6.45, 7) is 2.45. The largest absolute Gasteiger partial charge is 0.360 e. The van der Waals surface area contributed by atoms with Crippen LogP contribution in [0.2, 0.25) is 0 Å². The number of nitrogens with one attached hydrogen (secondary N) is 2. The number of rotatable bonds is 4. The fraction of sp³-hybridized carbons (Fsp3) is 0.667. The van der Waals surface area contributed by atoms with Crippen LogP contribution in [0.25, 0.3) is 0 Å². The van der Waals surface area contributed by atoms with Gasteiger partial charge in [0.05, 0.1) is 0 Å². The lowest BCUT2D eigenvalue weighted by Gasteiger charge is -2.14. The van der Waals surface area contributed by atoms with Crippen LogP contribution in [0, 0.1) is 3.95 Å². The Morgan fingerprint density at radius 2 is 2.31 bits per heavy atom. The second kappa shape index (κ2) is 5.40. The smallest absolute Gasteiger partial charge is 0.224 e. The van der Waals surface area contributed by atoms with E-state index in [4.69, 9.17) is 12.2 Å². The number of likely N-dealkylation sites (tertiary alicyclic amines) is 1. The van der Waals surface area contributed by atoms with Crippen LogP contribution in [-0.4, -0.2) is 40.6 Å². The molecule has 0 saturated carbocycles. The monoisotopic (exact) mass is 258 g/mol. The predicted octanol–water partition coefficient (Wildman–Crippen LogP) is 1.63. The van der Waals surface area contributed by atoms with Crippen LogP contribution in [0.15, 0.2) is 0 Å². The number of carbonyl (C=O) groups excluding carboxylic acids is 1. The SMILES string of the molecule is O=C(CCNc1n[nH]c(=S)s1)N1CCCC1. The first kappa shape index (κ1) is 11.5. The topological polar surface area (TPSA) is 61.0 Å². The van der Waals surface area contributed by atoms with Gasteiger partial charge in [-0.25, -0.2) is 0 Å². The summed E-state index contributed by atoms with van der Waals surface area (Å²) >= 11 is 6.29. The van der Waals surface area contributed by atoms with Gasteiger partial charge in [-0.3, -0.25) is 9.89 Å². The Kier molecular flexibility index (Phi) is 3.89. The molecule has 1 fully saturated rings. The number of aromatic nitrogens is 2. The predicted molar refractivity (Wildman–Crippen MR) is 66.2 cm³/mol. The van der Waals surface area contributed by atoms with Gasteiger partial charge < -0.3 is 10.2 Å². The summed E-state index contributed by atoms with van der Waals surface area (Å²) in [4.78, 5) is 13.6. The van der Waals surface area contributed by atoms with Gasteiger partial charge >= 0.3 is 0 Å². The molecule has 0 aliphatic carbocycles. The number of carbonyl (C=O) groups is 1. The fourth-order valence-corrected chi connectivity index (χ4v) is 2.52. The number of amides is 1. The van der Waals surface area contributed by atoms with Gasteiger partial charge in [0.25, 0.3) is 0 Å². The van der Waals surface area contributed by atoms with Crippen LogP contribution in [0.3, 0.4) is 0 Å². The standard InChI is InChI=1S/C9H14N4OS2/c14-7(13-5-1-2-6-13)3-4-10-8-11-12-9(15)16-8/h1-6H2,(H,10,11)(H,12,15). The maximum Gasteiger partial charge on any atom is 0.224 e. The average Bonchev–Trinajstić information content (AvgIpc) is 2.89. The van der Waals surface area contributed by atoms with Gasteiger partial charge in [0, 0.05) is 26.1 Å². The second-order valence-electron chi connectivity index (χ2n) is 3.68. The minimum atomic E-state index is 0.226. The minimum absolute atomic E-state index is 0.226. The van der Waals surface area contributed by atoms with Gasteiger partial charge in [0.15, 0.2) is 3.95 Å². The third kappa shape index (κ3) is 3.02. The van der Waals surface area contributed by atoms with Crippen molar-refractivity contribution in [2.45, 2.75) is 19.3 Å². The van der Waals surface area contributed by atoms with E-state index in [-0.39, 0.29) is 5.91 Å². The second-order valence-corrected chi connectivity index (χ2v) is 5.35. The normalized spacial score (nSPS) is 15.4. The zero-order chi connectivity index (χ0) is 11.4. The molecule has 1 aliphatic heterocycles. The number of hydrogen-bond donors (Lipinski definition) is 2. The molecule has 0 atom stereocenters. The number of H-pyrrole nitrogens is 1. The highest BCUT2D eigenvalue weighted by Gasteiger charge is 2.16. The quantitative estimate of drug-likeness (QED) is 0.806. The van der Waals surface area contributed by atoms with Gasteiger partial charge in [-0.2, -0.15) is 0 Å². The molecular formula is C9H14N4OS2. The lowest BCUT2D eigenvalue weighted by Crippen LogP contribution is -2.29. The first-order chi connectivity index (χ1) is 7.75. The lowest BCUT2D eigenvalue weighted by atomic mass is 10.3. The van der Waals surface area contributed by atoms with Crippen molar-refractivity contribution in [3.05, 3.63) is 3.95 Å². The molecule has 1 aliphatic rings. The van der Waals surface area contributed by atoms with E-state index in [1.807, 2.05) is 4.90 Å². The van der Waals surface area contributed by atoms with Crippen molar-refractivity contribution in [3.63, 3.8) is 0 Å². The Morgan fingerprint density at radius 1 is 1.56 bits per heavy atom. The lowest BCUT2D eigenvalue weighted by molar-refractivity contribution is -0.129. The van der Waals surface area contributed by atoms with Gasteiger partial charge in [-0.1, -0.05) is 11.3 Å². The molecule has 2 rings (SSSR count). The fourth-order valence-electron chi connectivity index (χ4n) is 1.71. The molecule has 2 heterocycles. The molecule has 0 aromatic carbocycles. The number of hydrogen-bond acceptors (Lipinski definition) is 5. The van der Waals surface area contributed by atoms with Crippen molar-refractivity contribution in [1.82, 2.24) is 15.1 Å². The van der Waals surface area contributed by atoms with Crippen molar-refractivity contribution >= 4 is 34.6 Å². The highest BCUT2D eigenvalue weighted by Crippen LogP contribution is 2.12. The van der Waals surface area contributed by atoms with Crippen LogP contribution in [0.4, 0.5) is 5.13 Å². The van der Waals surface area contributed by atoms with E-state index < -0.39 is 0 Å². The Bertz CT molecular complexity index is 408. The van der Waals surface area contributed by atoms with E-state index in [1.165, 1.54) is 11.3 Å². The number of aromatic amines is 1. The van der Waals surface area contributed by atoms with E-state index in [0.29, 0.717) is 16.9 Å². The summed E-state index contributed by atoms with van der Waals surface area (Å²) in [7, 11) is 0. The summed E-state index contributed by atoms with van der Waals surface area (Å²) < 4.78 is 0.647. The summed E-state index contributed by atoms with van der Waals surface area (Å²) in [6.07, 6.45) is 2.80. The van der Waals surface area contributed by atoms with Gasteiger partial charge in [-0.05, 0) is 25.1 Å². The molecule has 7 heteroatoms. The third-order valence-electron chi connectivity index (χ3n) is 2.51. The first-order valence-electron chi connectivity index (χ1n) is 5.33. The zero-order valence-corrected chi connectivity index (χ0v) is 10.5. The van der Waals surface area contributed by atoms with Crippen LogP contribution >= 0.6 is 23.6 Å². The molecule has 5 nitrogen and oxygen atoms in total. The maximum atomic E-state index is 11.7. The maximum absolute atomic E-state index is 11.7. The number of anilines is 1. The van der Waals surface area contributed by atoms with E-state index in [9.17, 15) is 4.79 Å². The highest BCUT2D eigenvalue weighted by atomic mass is 32.1. The molecule has 0 spiro atoms. The minimum Gasteiger partial charge on any atom is -0.360 e. The number of nitrogens with zero attached hydrogens (tertiary/aromatic N) is 2. The molecule has 2 N–H and O–H groups in total. The summed E-state index contributed by atoms with van der Waals surface area (Å²) in [5, 5.41) is 10.5. The van der Waals surface area contributed by atoms with Crippen molar-refractivity contribution < 1.29 is 4.79 Å². The molecule has 0 unspecified atom stereocenters. The summed E-state index contributed by atoms with van der Waals surface area (Å²) in [6, 6.07) is 0. The van der Waals surface area contributed by atoms with Crippen LogP contribution < -0.4 is 5.32 Å². The Labute approximate surface area is 103 Å². The van der Waals surface area contributed by atoms with Gasteiger partial charge in [0.1, 0.15) is 0 Å². The highest BCUT2D eigenvalue weighted by molar-refractivity contribution is 7.73. The Hall–Kier alpha value is -0.950. The third-order valence-corrected chi connectivity index (χ3v) is 3.56. The van der Waals surface area contributed by atoms with Crippen molar-refractivity contribution in [3.8, 4) is 0 Å². The molecule has 1 amide bonds. The molecule has 1 aromatic rings. The van der Waals surface area contributed by atoms with Gasteiger partial charge in [0.2, 0.25) is 11.0 Å². The van der Waals surface area contributed by atoms with Crippen molar-refractivity contribution in [2.75, 3.05) is 25.0 Å². The summed E-state index contributed by atoms with van der Waals surface area (Å²) in [5.41, 5.74) is 0. The van der Waals surface area contributed by atoms with Crippen molar-refractivity contribution in [1.29, 1.82) is 0 Å². The van der Waals surface area contributed by atoms with E-state index in [0.717, 1.165) is 31.1 Å². The molecular weight excluding hydrogens is 244 g/mol. The van der Waals surface area contributed by atoms with E-state index >= 15 is 0 Å². The molecule has 1 aromatic heterocycles.